The summed E-state index contributed by atoms with van der Waals surface area (Å²) in [6, 6.07) is 10.1. The molecule has 2 aromatic carbocycles. The molecule has 1 N–H and O–H groups in total. The van der Waals surface area contributed by atoms with E-state index in [-0.39, 0.29) is 11.3 Å². The fraction of sp³-hybridized carbons (Fsp3) is 0.391. The summed E-state index contributed by atoms with van der Waals surface area (Å²) in [5.74, 6) is -0.826. The van der Waals surface area contributed by atoms with Crippen molar-refractivity contribution in [1.29, 1.82) is 0 Å². The molecule has 32 heavy (non-hydrogen) atoms. The summed E-state index contributed by atoms with van der Waals surface area (Å²) in [5, 5.41) is 2.74. The van der Waals surface area contributed by atoms with Crippen molar-refractivity contribution >= 4 is 27.4 Å². The predicted octanol–water partition coefficient (Wildman–Crippen LogP) is 2.68. The number of hydrogen-bond donors (Lipinski definition) is 1. The lowest BCUT2D eigenvalue weighted by Crippen LogP contribution is -2.30. The van der Waals surface area contributed by atoms with E-state index in [2.05, 4.69) is 5.32 Å². The molecule has 0 bridgehead atoms. The highest BCUT2D eigenvalue weighted by Crippen LogP contribution is 2.32. The maximum Gasteiger partial charge on any atom is 0.307 e. The fourth-order valence-corrected chi connectivity index (χ4v) is 4.99. The zero-order valence-electron chi connectivity index (χ0n) is 17.8. The number of ether oxygens (including phenoxy) is 3. The number of carbonyl (C=O) groups excluding carboxylic acids is 2. The molecule has 0 saturated carbocycles. The van der Waals surface area contributed by atoms with E-state index in [9.17, 15) is 18.0 Å². The van der Waals surface area contributed by atoms with Crippen LogP contribution in [0.15, 0.2) is 41.3 Å². The first kappa shape index (κ1) is 22.1. The van der Waals surface area contributed by atoms with Crippen LogP contribution in [-0.2, 0) is 37.0 Å². The molecule has 2 aromatic rings. The lowest BCUT2D eigenvalue weighted by molar-refractivity contribution is -0.152. The van der Waals surface area contributed by atoms with Crippen LogP contribution in [-0.4, -0.2) is 45.4 Å². The number of sulfone groups is 1. The van der Waals surface area contributed by atoms with Gasteiger partial charge in [-0.1, -0.05) is 6.07 Å². The van der Waals surface area contributed by atoms with Crippen LogP contribution in [0.2, 0.25) is 0 Å². The summed E-state index contributed by atoms with van der Waals surface area (Å²) >= 11 is 0. The van der Waals surface area contributed by atoms with E-state index in [1.807, 2.05) is 18.2 Å². The number of amides is 1. The third-order valence-corrected chi connectivity index (χ3v) is 7.20. The number of esters is 1. The van der Waals surface area contributed by atoms with Gasteiger partial charge in [-0.25, -0.2) is 8.42 Å². The number of fused-ring (bicyclic) bond motifs is 2. The lowest BCUT2D eigenvalue weighted by Gasteiger charge is -2.18. The molecular formula is C23H25NO7S. The van der Waals surface area contributed by atoms with Crippen LogP contribution in [0.3, 0.4) is 0 Å². The van der Waals surface area contributed by atoms with Crippen molar-refractivity contribution in [1.82, 2.24) is 0 Å². The number of hydrogen-bond acceptors (Lipinski definition) is 7. The highest BCUT2D eigenvalue weighted by molar-refractivity contribution is 7.91. The summed E-state index contributed by atoms with van der Waals surface area (Å²) in [4.78, 5) is 24.6. The van der Waals surface area contributed by atoms with Gasteiger partial charge < -0.3 is 19.5 Å². The molecule has 1 atom stereocenters. The molecule has 0 aromatic heterocycles. The molecule has 2 aliphatic rings. The van der Waals surface area contributed by atoms with Crippen LogP contribution >= 0.6 is 0 Å². The van der Waals surface area contributed by atoms with Crippen molar-refractivity contribution in [2.75, 3.05) is 24.3 Å². The Morgan fingerprint density at radius 2 is 1.78 bits per heavy atom. The Hall–Kier alpha value is -3.07. The number of benzene rings is 2. The van der Waals surface area contributed by atoms with Crippen LogP contribution in [0.4, 0.5) is 5.69 Å². The van der Waals surface area contributed by atoms with Crippen LogP contribution < -0.4 is 14.8 Å². The van der Waals surface area contributed by atoms with E-state index < -0.39 is 33.6 Å². The summed E-state index contributed by atoms with van der Waals surface area (Å²) in [7, 11) is -3.74. The highest BCUT2D eigenvalue weighted by Gasteiger charge is 2.23. The average molecular weight is 460 g/mol. The van der Waals surface area contributed by atoms with Gasteiger partial charge in [0.05, 0.1) is 17.1 Å². The summed E-state index contributed by atoms with van der Waals surface area (Å²) in [6.07, 6.45) is 1.73. The molecule has 0 fully saturated rings. The Bertz CT molecular complexity index is 1140. The molecule has 1 aliphatic heterocycles. The van der Waals surface area contributed by atoms with Gasteiger partial charge in [0.25, 0.3) is 5.91 Å². The molecule has 8 nitrogen and oxygen atoms in total. The predicted molar refractivity (Wildman–Crippen MR) is 117 cm³/mol. The van der Waals surface area contributed by atoms with Crippen LogP contribution in [0, 0.1) is 0 Å². The normalized spacial score (nSPS) is 15.5. The van der Waals surface area contributed by atoms with E-state index in [1.54, 1.807) is 0 Å². The van der Waals surface area contributed by atoms with Gasteiger partial charge in [0.15, 0.2) is 27.4 Å². The Morgan fingerprint density at radius 3 is 2.59 bits per heavy atom. The molecule has 0 unspecified atom stereocenters. The van der Waals surface area contributed by atoms with Gasteiger partial charge in [-0.3, -0.25) is 9.59 Å². The van der Waals surface area contributed by atoms with Gasteiger partial charge in [0.2, 0.25) is 0 Å². The van der Waals surface area contributed by atoms with Crippen LogP contribution in [0.25, 0.3) is 0 Å². The van der Waals surface area contributed by atoms with E-state index in [1.165, 1.54) is 36.2 Å². The molecule has 0 radical (unpaired) electrons. The number of nitrogens with one attached hydrogen (secondary N) is 1. The molecule has 1 heterocycles. The van der Waals surface area contributed by atoms with Gasteiger partial charge in [-0.05, 0) is 61.6 Å². The molecule has 0 saturated heterocycles. The maximum atomic E-state index is 12.6. The number of anilines is 1. The lowest BCUT2D eigenvalue weighted by atomic mass is 10.1. The fourth-order valence-electron chi connectivity index (χ4n) is 3.76. The summed E-state index contributed by atoms with van der Waals surface area (Å²) in [6.45, 7) is 2.20. The van der Waals surface area contributed by atoms with Crippen molar-refractivity contribution in [2.24, 2.45) is 0 Å². The number of rotatable bonds is 7. The number of aryl methyl sites for hydroxylation is 2. The molecule has 170 valence electrons. The van der Waals surface area contributed by atoms with Crippen molar-refractivity contribution in [3.63, 3.8) is 0 Å². The molecule has 9 heteroatoms. The van der Waals surface area contributed by atoms with Crippen molar-refractivity contribution < 1.29 is 32.2 Å². The zero-order valence-corrected chi connectivity index (χ0v) is 18.6. The second kappa shape index (κ2) is 9.20. The molecule has 4 rings (SSSR count). The molecule has 1 amide bonds. The van der Waals surface area contributed by atoms with Crippen LogP contribution in [0.5, 0.6) is 11.5 Å². The first-order valence-corrected chi connectivity index (χ1v) is 12.2. The van der Waals surface area contributed by atoms with Gasteiger partial charge in [0, 0.05) is 11.8 Å². The zero-order chi connectivity index (χ0) is 22.7. The smallest absolute Gasteiger partial charge is 0.307 e. The quantitative estimate of drug-likeness (QED) is 0.634. The van der Waals surface area contributed by atoms with Gasteiger partial charge >= 0.3 is 5.97 Å². The van der Waals surface area contributed by atoms with E-state index in [0.717, 1.165) is 19.3 Å². The minimum absolute atomic E-state index is 0.0388. The Morgan fingerprint density at radius 1 is 1.03 bits per heavy atom. The standard InChI is InChI=1S/C23H25NO7S/c1-15(23(26)24-18-6-5-16-3-2-4-17(16)13-18)31-22(25)9-12-32(27,28)19-7-8-20-21(14-19)30-11-10-29-20/h5-8,13-15H,2-4,9-12H2,1H3,(H,24,26)/t15-/m0/s1. The minimum atomic E-state index is -3.74. The van der Waals surface area contributed by atoms with E-state index in [4.69, 9.17) is 14.2 Å². The monoisotopic (exact) mass is 459 g/mol. The Kier molecular flexibility index (Phi) is 6.36. The SMILES string of the molecule is C[C@H](OC(=O)CCS(=O)(=O)c1ccc2c(c1)OCCO2)C(=O)Nc1ccc2c(c1)CCC2. The van der Waals surface area contributed by atoms with E-state index in [0.29, 0.717) is 30.4 Å². The third-order valence-electron chi connectivity index (χ3n) is 5.49. The third kappa shape index (κ3) is 5.04. The number of carbonyl (C=O) groups is 2. The van der Waals surface area contributed by atoms with Crippen molar-refractivity contribution in [2.45, 2.75) is 43.6 Å². The topological polar surface area (TPSA) is 108 Å². The van der Waals surface area contributed by atoms with Gasteiger partial charge in [0.1, 0.15) is 13.2 Å². The molecular weight excluding hydrogens is 434 g/mol. The van der Waals surface area contributed by atoms with Gasteiger partial charge in [-0.2, -0.15) is 0 Å². The van der Waals surface area contributed by atoms with Gasteiger partial charge in [-0.15, -0.1) is 0 Å². The highest BCUT2D eigenvalue weighted by atomic mass is 32.2. The Balaban J connectivity index is 1.29. The first-order chi connectivity index (χ1) is 15.3. The molecule has 0 spiro atoms. The van der Waals surface area contributed by atoms with Crippen LogP contribution in [0.1, 0.15) is 30.9 Å². The Labute approximate surface area is 186 Å². The summed E-state index contributed by atoms with van der Waals surface area (Å²) in [5.41, 5.74) is 3.17. The maximum absolute atomic E-state index is 12.6. The van der Waals surface area contributed by atoms with Crippen molar-refractivity contribution in [3.8, 4) is 11.5 Å². The molecule has 1 aliphatic carbocycles. The average Bonchev–Trinajstić information content (AvgIpc) is 3.25. The van der Waals surface area contributed by atoms with Crippen molar-refractivity contribution in [3.05, 3.63) is 47.5 Å². The minimum Gasteiger partial charge on any atom is -0.486 e. The second-order valence-electron chi connectivity index (χ2n) is 7.83. The largest absolute Gasteiger partial charge is 0.486 e. The first-order valence-electron chi connectivity index (χ1n) is 10.6. The second-order valence-corrected chi connectivity index (χ2v) is 9.94. The van der Waals surface area contributed by atoms with E-state index >= 15 is 0 Å². The summed E-state index contributed by atoms with van der Waals surface area (Å²) < 4.78 is 41.1.